The summed E-state index contributed by atoms with van der Waals surface area (Å²) in [7, 11) is 0. The number of furan rings is 1. The fraction of sp³-hybridized carbons (Fsp3) is 0.294. The van der Waals surface area contributed by atoms with E-state index in [9.17, 15) is 14.0 Å². The number of anilines is 1. The number of nitrogens with zero attached hydrogens (tertiary/aromatic N) is 1. The molecule has 0 saturated carbocycles. The number of piperidine rings is 1. The van der Waals surface area contributed by atoms with Gasteiger partial charge in [-0.3, -0.25) is 9.59 Å². The zero-order chi connectivity index (χ0) is 16.2. The number of amides is 2. The molecule has 2 aromatic rings. The Kier molecular flexibility index (Phi) is 4.41. The average Bonchev–Trinajstić information content (AvgIpc) is 3.09. The van der Waals surface area contributed by atoms with Gasteiger partial charge in [0.05, 0.1) is 12.2 Å². The maximum absolute atomic E-state index is 13.2. The molecule has 1 aromatic carbocycles. The van der Waals surface area contributed by atoms with Crippen LogP contribution in [-0.4, -0.2) is 29.8 Å². The summed E-state index contributed by atoms with van der Waals surface area (Å²) in [5.41, 5.74) is 0.421. The normalized spacial score (nSPS) is 17.8. The Morgan fingerprint density at radius 2 is 2.13 bits per heavy atom. The van der Waals surface area contributed by atoms with Gasteiger partial charge in [-0.1, -0.05) is 6.07 Å². The van der Waals surface area contributed by atoms with Gasteiger partial charge in [-0.25, -0.2) is 4.39 Å². The fourth-order valence-electron chi connectivity index (χ4n) is 2.74. The second kappa shape index (κ2) is 6.64. The van der Waals surface area contributed by atoms with E-state index < -0.39 is 5.82 Å². The van der Waals surface area contributed by atoms with E-state index in [0.29, 0.717) is 25.2 Å². The number of carbonyl (C=O) groups is 2. The van der Waals surface area contributed by atoms with Gasteiger partial charge in [-0.15, -0.1) is 0 Å². The lowest BCUT2D eigenvalue weighted by atomic mass is 9.96. The number of benzene rings is 1. The van der Waals surface area contributed by atoms with Gasteiger partial charge in [0.15, 0.2) is 5.76 Å². The third-order valence-corrected chi connectivity index (χ3v) is 3.90. The highest BCUT2D eigenvalue weighted by Gasteiger charge is 2.29. The van der Waals surface area contributed by atoms with Crippen LogP contribution in [0.2, 0.25) is 0 Å². The van der Waals surface area contributed by atoms with E-state index in [1.165, 1.54) is 18.4 Å². The first-order valence-electron chi connectivity index (χ1n) is 7.52. The Bertz CT molecular complexity index is 700. The molecule has 120 valence electrons. The van der Waals surface area contributed by atoms with Gasteiger partial charge in [0.2, 0.25) is 5.91 Å². The summed E-state index contributed by atoms with van der Waals surface area (Å²) in [5.74, 6) is -0.853. The van der Waals surface area contributed by atoms with Gasteiger partial charge in [0, 0.05) is 18.8 Å². The Hall–Kier alpha value is -2.63. The third kappa shape index (κ3) is 3.59. The first kappa shape index (κ1) is 15.3. The first-order chi connectivity index (χ1) is 11.1. The summed E-state index contributed by atoms with van der Waals surface area (Å²) in [4.78, 5) is 26.2. The van der Waals surface area contributed by atoms with Crippen molar-refractivity contribution in [3.8, 4) is 0 Å². The van der Waals surface area contributed by atoms with E-state index in [4.69, 9.17) is 4.42 Å². The minimum atomic E-state index is -0.402. The second-order valence-electron chi connectivity index (χ2n) is 5.57. The average molecular weight is 316 g/mol. The number of rotatable bonds is 3. The first-order valence-corrected chi connectivity index (χ1v) is 7.52. The molecule has 0 aliphatic carbocycles. The molecule has 1 aliphatic heterocycles. The van der Waals surface area contributed by atoms with Crippen LogP contribution in [0.15, 0.2) is 47.1 Å². The van der Waals surface area contributed by atoms with Gasteiger partial charge >= 0.3 is 0 Å². The van der Waals surface area contributed by atoms with Crippen molar-refractivity contribution < 1.29 is 18.4 Å². The van der Waals surface area contributed by atoms with Crippen molar-refractivity contribution in [1.29, 1.82) is 0 Å². The van der Waals surface area contributed by atoms with Crippen molar-refractivity contribution in [2.75, 3.05) is 18.4 Å². The molecule has 0 spiro atoms. The maximum Gasteiger partial charge on any atom is 0.289 e. The van der Waals surface area contributed by atoms with Crippen LogP contribution in [0.25, 0.3) is 0 Å². The highest BCUT2D eigenvalue weighted by atomic mass is 19.1. The summed E-state index contributed by atoms with van der Waals surface area (Å²) in [5, 5.41) is 2.71. The van der Waals surface area contributed by atoms with Crippen molar-refractivity contribution in [3.05, 3.63) is 54.2 Å². The molecule has 1 aromatic heterocycles. The van der Waals surface area contributed by atoms with Crippen LogP contribution >= 0.6 is 0 Å². The lowest BCUT2D eigenvalue weighted by Gasteiger charge is -2.31. The van der Waals surface area contributed by atoms with Gasteiger partial charge in [0.25, 0.3) is 5.91 Å². The van der Waals surface area contributed by atoms with E-state index >= 15 is 0 Å². The van der Waals surface area contributed by atoms with Crippen LogP contribution in [0.1, 0.15) is 23.4 Å². The van der Waals surface area contributed by atoms with E-state index in [1.807, 2.05) is 0 Å². The van der Waals surface area contributed by atoms with Crippen LogP contribution in [0.4, 0.5) is 10.1 Å². The van der Waals surface area contributed by atoms with Crippen LogP contribution < -0.4 is 5.32 Å². The molecular formula is C17H17FN2O3. The number of likely N-dealkylation sites (tertiary alicyclic amines) is 1. The molecule has 1 saturated heterocycles. The number of hydrogen-bond acceptors (Lipinski definition) is 3. The van der Waals surface area contributed by atoms with Gasteiger partial charge in [-0.05, 0) is 43.2 Å². The SMILES string of the molecule is O=C(Nc1cccc(F)c1)[C@H]1CCCN(C(=O)c2ccco2)C1. The highest BCUT2D eigenvalue weighted by Crippen LogP contribution is 2.21. The Morgan fingerprint density at radius 1 is 1.26 bits per heavy atom. The standard InChI is InChI=1S/C17H17FN2O3/c18-13-5-1-6-14(10-13)19-16(21)12-4-2-8-20(11-12)17(22)15-7-3-9-23-15/h1,3,5-7,9-10,12H,2,4,8,11H2,(H,19,21)/t12-/m0/s1. The molecule has 6 heteroatoms. The summed E-state index contributed by atoms with van der Waals surface area (Å²) in [6, 6.07) is 9.03. The number of carbonyl (C=O) groups excluding carboxylic acids is 2. The van der Waals surface area contributed by atoms with E-state index in [-0.39, 0.29) is 23.5 Å². The lowest BCUT2D eigenvalue weighted by Crippen LogP contribution is -2.43. The molecule has 23 heavy (non-hydrogen) atoms. The van der Waals surface area contributed by atoms with Gasteiger partial charge in [-0.2, -0.15) is 0 Å². The maximum atomic E-state index is 13.2. The smallest absolute Gasteiger partial charge is 0.289 e. The number of halogens is 1. The van der Waals surface area contributed by atoms with E-state index in [1.54, 1.807) is 29.2 Å². The predicted molar refractivity (Wildman–Crippen MR) is 82.4 cm³/mol. The predicted octanol–water partition coefficient (Wildman–Crippen LogP) is 2.91. The molecular weight excluding hydrogens is 299 g/mol. The topological polar surface area (TPSA) is 62.6 Å². The monoisotopic (exact) mass is 316 g/mol. The Morgan fingerprint density at radius 3 is 2.87 bits per heavy atom. The molecule has 1 aliphatic rings. The third-order valence-electron chi connectivity index (χ3n) is 3.90. The molecule has 1 N–H and O–H groups in total. The molecule has 1 atom stereocenters. The molecule has 2 heterocycles. The van der Waals surface area contributed by atoms with Crippen molar-refractivity contribution in [2.45, 2.75) is 12.8 Å². The van der Waals surface area contributed by atoms with Gasteiger partial charge < -0.3 is 14.6 Å². The molecule has 3 rings (SSSR count). The van der Waals surface area contributed by atoms with Crippen molar-refractivity contribution in [3.63, 3.8) is 0 Å². The Labute approximate surface area is 133 Å². The minimum absolute atomic E-state index is 0.201. The molecule has 1 fully saturated rings. The molecule has 2 amide bonds. The van der Waals surface area contributed by atoms with Gasteiger partial charge in [0.1, 0.15) is 5.82 Å². The summed E-state index contributed by atoms with van der Waals surface area (Å²) in [6.45, 7) is 0.934. The summed E-state index contributed by atoms with van der Waals surface area (Å²) < 4.78 is 18.3. The zero-order valence-corrected chi connectivity index (χ0v) is 12.5. The van der Waals surface area contributed by atoms with Crippen LogP contribution in [0, 0.1) is 11.7 Å². The Balaban J connectivity index is 1.64. The van der Waals surface area contributed by atoms with Crippen molar-refractivity contribution in [2.24, 2.45) is 5.92 Å². The van der Waals surface area contributed by atoms with E-state index in [2.05, 4.69) is 5.32 Å². The minimum Gasteiger partial charge on any atom is -0.459 e. The largest absolute Gasteiger partial charge is 0.459 e. The van der Waals surface area contributed by atoms with Crippen LogP contribution in [0.3, 0.4) is 0 Å². The van der Waals surface area contributed by atoms with E-state index in [0.717, 1.165) is 6.42 Å². The van der Waals surface area contributed by atoms with Crippen LogP contribution in [-0.2, 0) is 4.79 Å². The molecule has 0 unspecified atom stereocenters. The fourth-order valence-corrected chi connectivity index (χ4v) is 2.74. The molecule has 5 nitrogen and oxygen atoms in total. The van der Waals surface area contributed by atoms with Crippen molar-refractivity contribution in [1.82, 2.24) is 4.90 Å². The quantitative estimate of drug-likeness (QED) is 0.947. The summed E-state index contributed by atoms with van der Waals surface area (Å²) in [6.07, 6.45) is 2.89. The highest BCUT2D eigenvalue weighted by molar-refractivity contribution is 5.95. The van der Waals surface area contributed by atoms with Crippen molar-refractivity contribution >= 4 is 17.5 Å². The van der Waals surface area contributed by atoms with Crippen LogP contribution in [0.5, 0.6) is 0 Å². The summed E-state index contributed by atoms with van der Waals surface area (Å²) >= 11 is 0. The molecule has 0 radical (unpaired) electrons. The number of hydrogen-bond donors (Lipinski definition) is 1. The lowest BCUT2D eigenvalue weighted by molar-refractivity contribution is -0.121. The zero-order valence-electron chi connectivity index (χ0n) is 12.5. The molecule has 0 bridgehead atoms. The second-order valence-corrected chi connectivity index (χ2v) is 5.57. The number of nitrogens with one attached hydrogen (secondary N) is 1.